The Morgan fingerprint density at radius 2 is 1.95 bits per heavy atom. The van der Waals surface area contributed by atoms with Gasteiger partial charge in [-0.25, -0.2) is 14.8 Å². The highest BCUT2D eigenvalue weighted by molar-refractivity contribution is 9.10. The van der Waals surface area contributed by atoms with Gasteiger partial charge in [0.05, 0.1) is 20.9 Å². The fraction of sp³-hybridized carbons (Fsp3) is 0. The van der Waals surface area contributed by atoms with Crippen LogP contribution in [0.25, 0.3) is 10.9 Å². The van der Waals surface area contributed by atoms with E-state index >= 15 is 0 Å². The average Bonchev–Trinajstić information content (AvgIpc) is 2.49. The fourth-order valence-electron chi connectivity index (χ4n) is 1.88. The van der Waals surface area contributed by atoms with Crippen LogP contribution >= 0.6 is 15.9 Å². The van der Waals surface area contributed by atoms with Crippen LogP contribution in [-0.4, -0.2) is 21.0 Å². The molecule has 0 radical (unpaired) electrons. The van der Waals surface area contributed by atoms with Crippen molar-refractivity contribution in [3.63, 3.8) is 0 Å². The molecular formula is C15H9BrN2O3. The van der Waals surface area contributed by atoms with Gasteiger partial charge in [0.2, 0.25) is 5.88 Å². The second-order valence-electron chi connectivity index (χ2n) is 4.25. The van der Waals surface area contributed by atoms with E-state index in [1.807, 2.05) is 24.3 Å². The van der Waals surface area contributed by atoms with Gasteiger partial charge in [-0.2, -0.15) is 0 Å². The van der Waals surface area contributed by atoms with Gasteiger partial charge in [0.1, 0.15) is 12.1 Å². The predicted octanol–water partition coefficient (Wildman–Crippen LogP) is 3.88. The van der Waals surface area contributed by atoms with E-state index in [0.717, 1.165) is 4.47 Å². The second-order valence-corrected chi connectivity index (χ2v) is 5.10. The lowest BCUT2D eigenvalue weighted by Crippen LogP contribution is -1.97. The van der Waals surface area contributed by atoms with Crippen molar-refractivity contribution in [3.8, 4) is 11.6 Å². The Labute approximate surface area is 128 Å². The Morgan fingerprint density at radius 3 is 2.71 bits per heavy atom. The highest BCUT2D eigenvalue weighted by Crippen LogP contribution is 2.31. The van der Waals surface area contributed by atoms with E-state index in [0.29, 0.717) is 22.5 Å². The predicted molar refractivity (Wildman–Crippen MR) is 80.7 cm³/mol. The Bertz CT molecular complexity index is 836. The second kappa shape index (κ2) is 5.49. The summed E-state index contributed by atoms with van der Waals surface area (Å²) in [6.07, 6.45) is 1.35. The number of hydrogen-bond acceptors (Lipinski definition) is 4. The van der Waals surface area contributed by atoms with Crippen LogP contribution in [-0.2, 0) is 0 Å². The van der Waals surface area contributed by atoms with Crippen LogP contribution in [0.15, 0.2) is 53.3 Å². The lowest BCUT2D eigenvalue weighted by atomic mass is 10.1. The SMILES string of the molecule is O=C(O)c1ccc2c(Oc3ccccc3Br)ncnc2c1. The third-order valence-corrected chi connectivity index (χ3v) is 3.55. The molecule has 0 aliphatic heterocycles. The summed E-state index contributed by atoms with van der Waals surface area (Å²) >= 11 is 3.40. The highest BCUT2D eigenvalue weighted by Gasteiger charge is 2.10. The molecule has 104 valence electrons. The molecule has 0 saturated carbocycles. The molecule has 21 heavy (non-hydrogen) atoms. The number of halogens is 1. The zero-order chi connectivity index (χ0) is 14.8. The number of carbonyl (C=O) groups is 1. The zero-order valence-electron chi connectivity index (χ0n) is 10.7. The summed E-state index contributed by atoms with van der Waals surface area (Å²) < 4.78 is 6.58. The number of carboxylic acid groups (broad SMARTS) is 1. The molecule has 0 aliphatic carbocycles. The largest absolute Gasteiger partial charge is 0.478 e. The third-order valence-electron chi connectivity index (χ3n) is 2.89. The van der Waals surface area contributed by atoms with Crippen molar-refractivity contribution in [2.45, 2.75) is 0 Å². The van der Waals surface area contributed by atoms with Crippen LogP contribution in [0.4, 0.5) is 0 Å². The van der Waals surface area contributed by atoms with Crippen LogP contribution in [0.3, 0.4) is 0 Å². The molecule has 0 aliphatic rings. The highest BCUT2D eigenvalue weighted by atomic mass is 79.9. The van der Waals surface area contributed by atoms with Crippen molar-refractivity contribution < 1.29 is 14.6 Å². The summed E-state index contributed by atoms with van der Waals surface area (Å²) in [4.78, 5) is 19.2. The van der Waals surface area contributed by atoms with Gasteiger partial charge in [0, 0.05) is 0 Å². The molecule has 3 aromatic rings. The normalized spacial score (nSPS) is 10.5. The molecule has 0 saturated heterocycles. The van der Waals surface area contributed by atoms with E-state index in [-0.39, 0.29) is 5.56 Å². The summed E-state index contributed by atoms with van der Waals surface area (Å²) in [6, 6.07) is 12.0. The Hall–Kier alpha value is -2.47. The van der Waals surface area contributed by atoms with Gasteiger partial charge in [-0.15, -0.1) is 0 Å². The third kappa shape index (κ3) is 2.71. The standard InChI is InChI=1S/C15H9BrN2O3/c16-11-3-1-2-4-13(11)21-14-10-6-5-9(15(19)20)7-12(10)17-8-18-14/h1-8H,(H,19,20). The Balaban J connectivity index is 2.07. The number of ether oxygens (including phenoxy) is 1. The van der Waals surface area contributed by atoms with Crippen molar-refractivity contribution in [2.24, 2.45) is 0 Å². The summed E-state index contributed by atoms with van der Waals surface area (Å²) in [5.74, 6) is 0.00688. The fourth-order valence-corrected chi connectivity index (χ4v) is 2.24. The summed E-state index contributed by atoms with van der Waals surface area (Å²) in [7, 11) is 0. The monoisotopic (exact) mass is 344 g/mol. The number of benzene rings is 2. The molecular weight excluding hydrogens is 336 g/mol. The van der Waals surface area contributed by atoms with Crippen molar-refractivity contribution in [1.29, 1.82) is 0 Å². The molecule has 0 amide bonds. The minimum atomic E-state index is -0.996. The summed E-state index contributed by atoms with van der Waals surface area (Å²) in [5, 5.41) is 9.66. The number of carboxylic acids is 1. The lowest BCUT2D eigenvalue weighted by Gasteiger charge is -2.09. The first kappa shape index (κ1) is 13.5. The first-order valence-corrected chi connectivity index (χ1v) is 6.85. The van der Waals surface area contributed by atoms with E-state index in [2.05, 4.69) is 25.9 Å². The smallest absolute Gasteiger partial charge is 0.335 e. The van der Waals surface area contributed by atoms with Crippen molar-refractivity contribution in [2.75, 3.05) is 0 Å². The minimum absolute atomic E-state index is 0.174. The first-order chi connectivity index (χ1) is 10.1. The van der Waals surface area contributed by atoms with Crippen LogP contribution < -0.4 is 4.74 Å². The van der Waals surface area contributed by atoms with E-state index in [1.165, 1.54) is 18.5 Å². The minimum Gasteiger partial charge on any atom is -0.478 e. The van der Waals surface area contributed by atoms with Gasteiger partial charge < -0.3 is 9.84 Å². The first-order valence-electron chi connectivity index (χ1n) is 6.05. The van der Waals surface area contributed by atoms with Gasteiger partial charge in [-0.05, 0) is 46.3 Å². The molecule has 0 fully saturated rings. The summed E-state index contributed by atoms with van der Waals surface area (Å²) in [5.41, 5.74) is 0.694. The molecule has 0 unspecified atom stereocenters. The average molecular weight is 345 g/mol. The maximum atomic E-state index is 11.0. The van der Waals surface area contributed by atoms with Gasteiger partial charge in [-0.1, -0.05) is 12.1 Å². The topological polar surface area (TPSA) is 72.3 Å². The quantitative estimate of drug-likeness (QED) is 0.780. The molecule has 2 aromatic carbocycles. The maximum absolute atomic E-state index is 11.0. The number of fused-ring (bicyclic) bond motifs is 1. The molecule has 3 rings (SSSR count). The van der Waals surface area contributed by atoms with Gasteiger partial charge in [-0.3, -0.25) is 0 Å². The van der Waals surface area contributed by atoms with Gasteiger partial charge in [0.15, 0.2) is 0 Å². The van der Waals surface area contributed by atoms with Crippen molar-refractivity contribution in [1.82, 2.24) is 9.97 Å². The number of rotatable bonds is 3. The molecule has 0 atom stereocenters. The van der Waals surface area contributed by atoms with Crippen LogP contribution in [0.1, 0.15) is 10.4 Å². The maximum Gasteiger partial charge on any atom is 0.335 e. The van der Waals surface area contributed by atoms with Crippen LogP contribution in [0.5, 0.6) is 11.6 Å². The Morgan fingerprint density at radius 1 is 1.14 bits per heavy atom. The number of nitrogens with zero attached hydrogens (tertiary/aromatic N) is 2. The van der Waals surface area contributed by atoms with Gasteiger partial charge in [0.25, 0.3) is 0 Å². The zero-order valence-corrected chi connectivity index (χ0v) is 12.2. The number of hydrogen-bond donors (Lipinski definition) is 1. The van der Waals surface area contributed by atoms with E-state index < -0.39 is 5.97 Å². The lowest BCUT2D eigenvalue weighted by molar-refractivity contribution is 0.0697. The molecule has 0 bridgehead atoms. The van der Waals surface area contributed by atoms with Crippen molar-refractivity contribution in [3.05, 3.63) is 58.8 Å². The van der Waals surface area contributed by atoms with E-state index in [1.54, 1.807) is 6.07 Å². The van der Waals surface area contributed by atoms with Crippen LogP contribution in [0.2, 0.25) is 0 Å². The van der Waals surface area contributed by atoms with Crippen LogP contribution in [0, 0.1) is 0 Å². The molecule has 5 nitrogen and oxygen atoms in total. The number of aromatic carboxylic acids is 1. The van der Waals surface area contributed by atoms with Gasteiger partial charge >= 0.3 is 5.97 Å². The van der Waals surface area contributed by atoms with Crippen molar-refractivity contribution >= 4 is 32.8 Å². The molecule has 1 aromatic heterocycles. The molecule has 0 spiro atoms. The van der Waals surface area contributed by atoms with E-state index in [4.69, 9.17) is 9.84 Å². The molecule has 1 heterocycles. The molecule has 6 heteroatoms. The molecule has 1 N–H and O–H groups in total. The Kier molecular flexibility index (Phi) is 3.53. The number of aromatic nitrogens is 2. The number of para-hydroxylation sites is 1. The summed E-state index contributed by atoms with van der Waals surface area (Å²) in [6.45, 7) is 0. The van der Waals surface area contributed by atoms with E-state index in [9.17, 15) is 4.79 Å².